The summed E-state index contributed by atoms with van der Waals surface area (Å²) in [6.07, 6.45) is 3.34. The maximum atomic E-state index is 11.0. The molecule has 0 radical (unpaired) electrons. The first kappa shape index (κ1) is 12.5. The fourth-order valence-electron chi connectivity index (χ4n) is 1.24. The zero-order valence-corrected chi connectivity index (χ0v) is 10.2. The maximum absolute atomic E-state index is 11.0. The minimum atomic E-state index is -0.271. The van der Waals surface area contributed by atoms with Gasteiger partial charge in [-0.15, -0.1) is 0 Å². The number of hydrogen-bond donors (Lipinski definition) is 2. The molecule has 0 unspecified atom stereocenters. The van der Waals surface area contributed by atoms with Crippen molar-refractivity contribution >= 4 is 17.7 Å². The summed E-state index contributed by atoms with van der Waals surface area (Å²) in [6.45, 7) is 0. The van der Waals surface area contributed by atoms with E-state index in [9.17, 15) is 4.79 Å². The summed E-state index contributed by atoms with van der Waals surface area (Å²) in [5, 5.41) is 0.516. The molecule has 0 aliphatic heterocycles. The molecule has 7 heteroatoms. The van der Waals surface area contributed by atoms with Crippen LogP contribution in [0.2, 0.25) is 0 Å². The lowest BCUT2D eigenvalue weighted by Crippen LogP contribution is -2.31. The van der Waals surface area contributed by atoms with Crippen LogP contribution in [-0.2, 0) is 4.79 Å². The molecule has 2 rings (SSSR count). The number of thioether (sulfide) groups is 1. The Bertz CT molecular complexity index is 534. The molecule has 92 valence electrons. The molecule has 1 amide bonds. The third-order valence-electron chi connectivity index (χ3n) is 2.05. The van der Waals surface area contributed by atoms with Crippen LogP contribution in [0, 0.1) is 0 Å². The molecule has 0 saturated carbocycles. The van der Waals surface area contributed by atoms with Gasteiger partial charge in [0.2, 0.25) is 5.91 Å². The van der Waals surface area contributed by atoms with Crippen molar-refractivity contribution in [2.45, 2.75) is 5.16 Å². The minimum Gasteiger partial charge on any atom is -0.294 e. The van der Waals surface area contributed by atoms with Crippen LogP contribution in [0.15, 0.2) is 41.8 Å². The van der Waals surface area contributed by atoms with Crippen molar-refractivity contribution in [3.05, 3.63) is 36.7 Å². The van der Waals surface area contributed by atoms with Crippen LogP contribution in [0.1, 0.15) is 0 Å². The summed E-state index contributed by atoms with van der Waals surface area (Å²) in [5.74, 6) is 4.90. The fourth-order valence-corrected chi connectivity index (χ4v) is 1.88. The van der Waals surface area contributed by atoms with Crippen molar-refractivity contribution < 1.29 is 4.79 Å². The van der Waals surface area contributed by atoms with E-state index in [0.717, 1.165) is 11.4 Å². The topological polar surface area (TPSA) is 93.8 Å². The number of rotatable bonds is 4. The molecule has 0 bridgehead atoms. The molecular formula is C11H11N5OS. The molecule has 2 aromatic heterocycles. The summed E-state index contributed by atoms with van der Waals surface area (Å²) in [6, 6.07) is 7.36. The molecule has 0 saturated heterocycles. The first-order chi connectivity index (χ1) is 8.79. The monoisotopic (exact) mass is 261 g/mol. The number of amides is 1. The lowest BCUT2D eigenvalue weighted by molar-refractivity contribution is -0.118. The Hall–Kier alpha value is -1.99. The number of carbonyl (C=O) groups excluding carboxylic acids is 1. The van der Waals surface area contributed by atoms with Gasteiger partial charge in [0, 0.05) is 12.4 Å². The molecule has 2 heterocycles. The average Bonchev–Trinajstić information content (AvgIpc) is 2.46. The van der Waals surface area contributed by atoms with Crippen molar-refractivity contribution in [1.29, 1.82) is 0 Å². The van der Waals surface area contributed by atoms with Gasteiger partial charge in [0.05, 0.1) is 17.1 Å². The lowest BCUT2D eigenvalue weighted by atomic mass is 10.3. The van der Waals surface area contributed by atoms with Crippen molar-refractivity contribution in [3.8, 4) is 11.4 Å². The van der Waals surface area contributed by atoms with E-state index < -0.39 is 0 Å². The Kier molecular flexibility index (Phi) is 4.21. The summed E-state index contributed by atoms with van der Waals surface area (Å²) >= 11 is 1.22. The Morgan fingerprint density at radius 1 is 1.22 bits per heavy atom. The minimum absolute atomic E-state index is 0.183. The van der Waals surface area contributed by atoms with Gasteiger partial charge in [-0.1, -0.05) is 17.8 Å². The number of nitrogens with two attached hydrogens (primary N) is 1. The molecule has 0 aromatic carbocycles. The van der Waals surface area contributed by atoms with Gasteiger partial charge in [-0.2, -0.15) is 0 Å². The van der Waals surface area contributed by atoms with Gasteiger partial charge >= 0.3 is 0 Å². The Balaban J connectivity index is 2.13. The van der Waals surface area contributed by atoms with Gasteiger partial charge in [-0.3, -0.25) is 15.2 Å². The van der Waals surface area contributed by atoms with Crippen LogP contribution >= 0.6 is 11.8 Å². The third kappa shape index (κ3) is 3.25. The maximum Gasteiger partial charge on any atom is 0.244 e. The van der Waals surface area contributed by atoms with Gasteiger partial charge in [-0.25, -0.2) is 15.8 Å². The highest BCUT2D eigenvalue weighted by molar-refractivity contribution is 7.99. The highest BCUT2D eigenvalue weighted by Crippen LogP contribution is 2.17. The zero-order valence-electron chi connectivity index (χ0n) is 9.41. The molecular weight excluding hydrogens is 250 g/mol. The number of hydrazine groups is 1. The van der Waals surface area contributed by atoms with E-state index in [2.05, 4.69) is 20.4 Å². The van der Waals surface area contributed by atoms with Crippen LogP contribution in [0.25, 0.3) is 11.4 Å². The van der Waals surface area contributed by atoms with Crippen LogP contribution in [0.3, 0.4) is 0 Å². The molecule has 0 aliphatic carbocycles. The second-order valence-corrected chi connectivity index (χ2v) is 4.24. The van der Waals surface area contributed by atoms with Gasteiger partial charge < -0.3 is 0 Å². The summed E-state index contributed by atoms with van der Waals surface area (Å²) in [5.41, 5.74) is 3.55. The van der Waals surface area contributed by atoms with Crippen LogP contribution in [0.4, 0.5) is 0 Å². The number of aromatic nitrogens is 3. The summed E-state index contributed by atoms with van der Waals surface area (Å²) in [4.78, 5) is 23.6. The standard InChI is InChI=1S/C11H11N5OS/c12-16-10(17)7-18-11-14-6-4-9(15-11)8-3-1-2-5-13-8/h1-6H,7,12H2,(H,16,17). The second kappa shape index (κ2) is 6.08. The smallest absolute Gasteiger partial charge is 0.244 e. The normalized spacial score (nSPS) is 10.1. The summed E-state index contributed by atoms with van der Waals surface area (Å²) < 4.78 is 0. The molecule has 0 aliphatic rings. The Labute approximate surface area is 108 Å². The van der Waals surface area contributed by atoms with Gasteiger partial charge in [0.15, 0.2) is 5.16 Å². The van der Waals surface area contributed by atoms with Crippen LogP contribution in [-0.4, -0.2) is 26.6 Å². The fraction of sp³-hybridized carbons (Fsp3) is 0.0909. The van der Waals surface area contributed by atoms with E-state index in [1.807, 2.05) is 18.2 Å². The lowest BCUT2D eigenvalue weighted by Gasteiger charge is -2.02. The highest BCUT2D eigenvalue weighted by Gasteiger charge is 2.05. The van der Waals surface area contributed by atoms with E-state index >= 15 is 0 Å². The van der Waals surface area contributed by atoms with Gasteiger partial charge in [0.1, 0.15) is 0 Å². The first-order valence-corrected chi connectivity index (χ1v) is 6.15. The Morgan fingerprint density at radius 2 is 2.11 bits per heavy atom. The first-order valence-electron chi connectivity index (χ1n) is 5.16. The molecule has 0 fully saturated rings. The number of carbonyl (C=O) groups is 1. The predicted octanol–water partition coefficient (Wildman–Crippen LogP) is 0.621. The van der Waals surface area contributed by atoms with E-state index in [4.69, 9.17) is 5.84 Å². The predicted molar refractivity (Wildman–Crippen MR) is 68.3 cm³/mol. The molecule has 2 aromatic rings. The average molecular weight is 261 g/mol. The highest BCUT2D eigenvalue weighted by atomic mass is 32.2. The third-order valence-corrected chi connectivity index (χ3v) is 2.92. The van der Waals surface area contributed by atoms with Crippen molar-refractivity contribution in [2.75, 3.05) is 5.75 Å². The van der Waals surface area contributed by atoms with E-state index in [1.165, 1.54) is 11.8 Å². The Morgan fingerprint density at radius 3 is 2.83 bits per heavy atom. The number of nitrogens with one attached hydrogen (secondary N) is 1. The largest absolute Gasteiger partial charge is 0.294 e. The summed E-state index contributed by atoms with van der Waals surface area (Å²) in [7, 11) is 0. The second-order valence-electron chi connectivity index (χ2n) is 3.30. The zero-order chi connectivity index (χ0) is 12.8. The van der Waals surface area contributed by atoms with Crippen molar-refractivity contribution in [1.82, 2.24) is 20.4 Å². The van der Waals surface area contributed by atoms with Crippen LogP contribution < -0.4 is 11.3 Å². The van der Waals surface area contributed by atoms with Crippen molar-refractivity contribution in [2.24, 2.45) is 5.84 Å². The van der Waals surface area contributed by atoms with E-state index in [1.54, 1.807) is 18.5 Å². The molecule has 3 N–H and O–H groups in total. The molecule has 18 heavy (non-hydrogen) atoms. The number of nitrogens with zero attached hydrogens (tertiary/aromatic N) is 3. The van der Waals surface area contributed by atoms with Gasteiger partial charge in [-0.05, 0) is 18.2 Å². The molecule has 0 spiro atoms. The SMILES string of the molecule is NNC(=O)CSc1nccc(-c2ccccn2)n1. The van der Waals surface area contributed by atoms with Crippen molar-refractivity contribution in [3.63, 3.8) is 0 Å². The van der Waals surface area contributed by atoms with Crippen LogP contribution in [0.5, 0.6) is 0 Å². The van der Waals surface area contributed by atoms with E-state index in [0.29, 0.717) is 5.16 Å². The van der Waals surface area contributed by atoms with E-state index in [-0.39, 0.29) is 11.7 Å². The number of pyridine rings is 1. The quantitative estimate of drug-likeness (QED) is 0.275. The molecule has 0 atom stereocenters. The number of hydrogen-bond acceptors (Lipinski definition) is 6. The van der Waals surface area contributed by atoms with Gasteiger partial charge in [0.25, 0.3) is 0 Å². The molecule has 6 nitrogen and oxygen atoms in total.